The van der Waals surface area contributed by atoms with E-state index in [4.69, 9.17) is 14.2 Å². The van der Waals surface area contributed by atoms with Crippen molar-refractivity contribution in [2.75, 3.05) is 32.2 Å². The zero-order chi connectivity index (χ0) is 75.5. The van der Waals surface area contributed by atoms with Gasteiger partial charge in [0.25, 0.3) is 0 Å². The number of ether oxygens (including phenoxy) is 3. The van der Waals surface area contributed by atoms with Crippen LogP contribution in [0.15, 0.2) is 496 Å². The van der Waals surface area contributed by atoms with Gasteiger partial charge in [0.15, 0.2) is 73.4 Å². The van der Waals surface area contributed by atoms with Gasteiger partial charge in [-0.2, -0.15) is 0 Å². The predicted molar refractivity (Wildman–Crippen MR) is 454 cm³/mol. The number of nitrogens with one attached hydrogen (secondary N) is 1. The number of sulfone groups is 1. The Morgan fingerprint density at radius 2 is 0.564 bits per heavy atom. The fourth-order valence-electron chi connectivity index (χ4n) is 12.4. The molecule has 0 amide bonds. The molecule has 0 saturated carbocycles. The molecule has 1 N–H and O–H groups in total. The average molecular weight is 1560 g/mol. The molecule has 0 fully saturated rings. The van der Waals surface area contributed by atoms with Gasteiger partial charge in [-0.05, 0) is 225 Å². The summed E-state index contributed by atoms with van der Waals surface area (Å²) in [6, 6.07) is 140. The van der Waals surface area contributed by atoms with Crippen LogP contribution >= 0.6 is 0 Å². The van der Waals surface area contributed by atoms with Gasteiger partial charge in [-0.3, -0.25) is 0 Å². The monoisotopic (exact) mass is 1550 g/mol. The molecule has 15 aromatic rings. The van der Waals surface area contributed by atoms with Crippen LogP contribution in [0.25, 0.3) is 0 Å². The lowest BCUT2D eigenvalue weighted by Gasteiger charge is -2.20. The lowest BCUT2D eigenvalue weighted by Crippen LogP contribution is -2.20. The molecule has 2 heterocycles. The molecule has 0 atom stereocenters. The molecule has 0 spiro atoms. The number of rotatable bonds is 19. The number of methoxy groups -OCH3 is 1. The number of benzene rings is 15. The Hall–Kier alpha value is -10.7. The summed E-state index contributed by atoms with van der Waals surface area (Å²) in [5.74, 6) is 1.63. The number of para-hydroxylation sites is 2. The van der Waals surface area contributed by atoms with Crippen LogP contribution in [-0.2, 0) is 69.0 Å². The smallest absolute Gasteiger partial charge is 0.216 e. The quantitative estimate of drug-likeness (QED) is 0.0642. The number of fused-ring (bicyclic) bond motifs is 4. The van der Waals surface area contributed by atoms with Gasteiger partial charge in [0.05, 0.1) is 57.3 Å². The first-order valence-electron chi connectivity index (χ1n) is 36.4. The van der Waals surface area contributed by atoms with E-state index in [-0.39, 0.29) is 60.3 Å². The summed E-state index contributed by atoms with van der Waals surface area (Å²) in [5.41, 5.74) is 2.44. The maximum atomic E-state index is 13.2. The van der Waals surface area contributed by atoms with E-state index in [1.165, 1.54) is 77.4 Å². The van der Waals surface area contributed by atoms with E-state index < -0.39 is 9.84 Å². The molecule has 0 aromatic heterocycles. The summed E-state index contributed by atoms with van der Waals surface area (Å²) in [7, 11) is -2.55. The van der Waals surface area contributed by atoms with Crippen molar-refractivity contribution in [3.05, 3.63) is 418 Å². The van der Waals surface area contributed by atoms with Gasteiger partial charge in [0.1, 0.15) is 55.5 Å². The first kappa shape index (κ1) is 77.4. The van der Waals surface area contributed by atoms with Gasteiger partial charge < -0.3 is 19.5 Å². The van der Waals surface area contributed by atoms with Crippen LogP contribution < -0.4 is 14.8 Å². The van der Waals surface area contributed by atoms with E-state index in [0.29, 0.717) is 23.0 Å². The fourth-order valence-corrected chi connectivity index (χ4v) is 25.6. The molecular weight excluding hydrogens is 1470 g/mol. The maximum absolute atomic E-state index is 13.2. The first-order chi connectivity index (χ1) is 54.2. The van der Waals surface area contributed by atoms with Crippen LogP contribution in [0.5, 0.6) is 11.5 Å². The normalized spacial score (nSPS) is 12.2. The Labute approximate surface area is 662 Å². The van der Waals surface area contributed by atoms with Gasteiger partial charge in [-0.15, -0.1) is 0 Å². The second-order valence-corrected chi connectivity index (χ2v) is 36.9. The van der Waals surface area contributed by atoms with E-state index >= 15 is 0 Å². The van der Waals surface area contributed by atoms with Gasteiger partial charge >= 0.3 is 0 Å². The van der Waals surface area contributed by atoms with Crippen LogP contribution in [0.2, 0.25) is 0 Å². The van der Waals surface area contributed by atoms with Crippen LogP contribution in [0.1, 0.15) is 19.8 Å². The summed E-state index contributed by atoms with van der Waals surface area (Å²) in [5, 5.41) is 3.55. The van der Waals surface area contributed by atoms with Crippen molar-refractivity contribution in [2.45, 2.75) is 103 Å². The van der Waals surface area contributed by atoms with Crippen molar-refractivity contribution in [1.29, 1.82) is 0 Å². The van der Waals surface area contributed by atoms with Gasteiger partial charge in [-0.25, -0.2) is 12.8 Å². The highest BCUT2D eigenvalue weighted by atomic mass is 32.2. The zero-order valence-corrected chi connectivity index (χ0v) is 66.1. The SMILES string of the molecule is CCCCOc1ccc([S+](c2ccccc2)c2ccccc2)cc1.COCCOc1ccc([S+](c2ccccc2)c2ccccc2)cc1.Fc1ccc([S+](c2ccccc2)c2ccccc2)cc1.O=S1(=O)c2ccccc2[S+](c2ccccc2)c2ccccc21.c1ccc([S+]2c3ccccc3Nc3ccccc32)cc1. The predicted octanol–water partition coefficient (Wildman–Crippen LogP) is 24.5. The Morgan fingerprint density at radius 1 is 0.300 bits per heavy atom. The van der Waals surface area contributed by atoms with Gasteiger partial charge in [-0.1, -0.05) is 207 Å². The minimum absolute atomic E-state index is 0.0204. The van der Waals surface area contributed by atoms with Crippen LogP contribution in [-0.4, -0.2) is 35.3 Å². The molecule has 17 rings (SSSR count). The minimum atomic E-state index is -3.44. The summed E-state index contributed by atoms with van der Waals surface area (Å²) in [6.07, 6.45) is 2.25. The zero-order valence-electron chi connectivity index (χ0n) is 61.2. The molecule has 13 heteroatoms. The topological polar surface area (TPSA) is 73.9 Å². The number of hydrogen-bond donors (Lipinski definition) is 1. The molecular formula is C97H85FNO5S6+5. The second kappa shape index (κ2) is 39.6. The Bertz CT molecular complexity index is 5050. The van der Waals surface area contributed by atoms with Gasteiger partial charge in [0.2, 0.25) is 9.84 Å². The summed E-state index contributed by atoms with van der Waals surface area (Å²) >= 11 is 0. The first-order valence-corrected chi connectivity index (χ1v) is 44.0. The molecule has 110 heavy (non-hydrogen) atoms. The lowest BCUT2D eigenvalue weighted by atomic mass is 10.2. The van der Waals surface area contributed by atoms with Crippen molar-refractivity contribution in [3.8, 4) is 11.5 Å². The van der Waals surface area contributed by atoms with Crippen LogP contribution in [0.3, 0.4) is 0 Å². The Kier molecular flexibility index (Phi) is 27.9. The minimum Gasteiger partial charge on any atom is -0.494 e. The molecule has 2 aliphatic rings. The molecule has 6 nitrogen and oxygen atoms in total. The third-order valence-electron chi connectivity index (χ3n) is 17.5. The standard InChI is InChI=1S/C22H23OS.C21H21O2S.C18H14FS.C18H14NS.C18H13O2S2/c1-2-3-18-23-19-14-16-22(17-15-19)24(20-10-6-4-7-11-20)21-12-8-5-9-13-21;1-22-16-17-23-18-12-14-21(15-13-18)24(19-8-4-2-5-9-19)20-10-6-3-7-11-20;19-15-11-13-18(14-12-15)20(16-7-3-1-4-8-16)17-9-5-2-6-10-17;1-2-8-14(9-3-1)20-17-12-6-4-10-15(17)19-16-11-5-7-13-18(16)20;19-22(20)17-12-6-4-10-15(17)21(14-8-2-1-3-9-14)16-11-5-7-13-18(16)22/h4-17H,2-3,18H2,1H3;2-15H,16-17H2,1H3;1-14H;1-13,19H;1-13H/q5*+1. The highest BCUT2D eigenvalue weighted by Gasteiger charge is 2.45. The van der Waals surface area contributed by atoms with Gasteiger partial charge in [0, 0.05) is 7.11 Å². The van der Waals surface area contributed by atoms with Crippen LogP contribution in [0, 0.1) is 5.82 Å². The van der Waals surface area contributed by atoms with E-state index in [1.54, 1.807) is 31.4 Å². The van der Waals surface area contributed by atoms with Crippen LogP contribution in [0.4, 0.5) is 15.8 Å². The Balaban J connectivity index is 0.000000121. The van der Waals surface area contributed by atoms with Crippen molar-refractivity contribution >= 4 is 75.7 Å². The Morgan fingerprint density at radius 3 is 0.891 bits per heavy atom. The van der Waals surface area contributed by atoms with Crippen molar-refractivity contribution < 1.29 is 27.0 Å². The molecule has 0 aliphatic carbocycles. The number of anilines is 2. The number of hydrogen-bond acceptors (Lipinski definition) is 6. The molecule has 0 saturated heterocycles. The van der Waals surface area contributed by atoms with E-state index in [1.807, 2.05) is 103 Å². The van der Waals surface area contributed by atoms with Crippen molar-refractivity contribution in [2.24, 2.45) is 0 Å². The third kappa shape index (κ3) is 19.8. The van der Waals surface area contributed by atoms with E-state index in [0.717, 1.165) is 50.5 Å². The molecule has 15 aromatic carbocycles. The van der Waals surface area contributed by atoms with E-state index in [9.17, 15) is 12.8 Å². The van der Waals surface area contributed by atoms with Crippen molar-refractivity contribution in [3.63, 3.8) is 0 Å². The average Bonchev–Trinajstić information content (AvgIpc) is 0.730. The van der Waals surface area contributed by atoms with E-state index in [2.05, 4.69) is 285 Å². The highest BCUT2D eigenvalue weighted by molar-refractivity contribution is 8.01. The molecule has 0 bridgehead atoms. The maximum Gasteiger partial charge on any atom is 0.216 e. The summed E-state index contributed by atoms with van der Waals surface area (Å²) in [6.45, 7) is 4.13. The lowest BCUT2D eigenvalue weighted by molar-refractivity contribution is 0.146. The fraction of sp³-hybridized carbons (Fsp3) is 0.0722. The number of unbranched alkanes of at least 4 members (excludes halogenated alkanes) is 1. The van der Waals surface area contributed by atoms with Crippen molar-refractivity contribution in [1.82, 2.24) is 0 Å². The number of halogens is 1. The molecule has 0 radical (unpaired) electrons. The largest absolute Gasteiger partial charge is 0.494 e. The summed E-state index contributed by atoms with van der Waals surface area (Å²) < 4.78 is 55.4. The molecule has 546 valence electrons. The molecule has 0 unspecified atom stereocenters. The summed E-state index contributed by atoms with van der Waals surface area (Å²) in [4.78, 5) is 19.4. The second-order valence-electron chi connectivity index (χ2n) is 25.0. The molecule has 2 aliphatic heterocycles. The third-order valence-corrected chi connectivity index (χ3v) is 31.0. The highest BCUT2D eigenvalue weighted by Crippen LogP contribution is 2.46.